The number of carbonyl (C=O) groups excluding carboxylic acids is 2. The molecule has 0 aliphatic carbocycles. The number of hydrogen-bond acceptors (Lipinski definition) is 4. The van der Waals surface area contributed by atoms with Gasteiger partial charge in [0.1, 0.15) is 24.0 Å². The van der Waals surface area contributed by atoms with Crippen LogP contribution >= 0.6 is 0 Å². The van der Waals surface area contributed by atoms with E-state index < -0.39 is 6.04 Å². The Morgan fingerprint density at radius 1 is 1.07 bits per heavy atom. The summed E-state index contributed by atoms with van der Waals surface area (Å²) >= 11 is 0. The molecular weight excluding hydrogens is 342 g/mol. The number of nitrogens with zero attached hydrogens (tertiary/aromatic N) is 1. The number of fused-ring (bicyclic) bond motifs is 1. The number of furan rings is 1. The van der Waals surface area contributed by atoms with Gasteiger partial charge in [0.25, 0.3) is 0 Å². The standard InChI is InChI=1S/C22H21NO4/c24-21(13-16-7-2-1-3-8-16)23-12-6-10-19(23)22(25)26-15-18-14-17-9-4-5-11-20(17)27-18/h1-5,7-9,11,14,19H,6,10,12-13,15H2. The van der Waals surface area contributed by atoms with E-state index in [-0.39, 0.29) is 18.5 Å². The van der Waals surface area contributed by atoms with Gasteiger partial charge in [-0.15, -0.1) is 0 Å². The van der Waals surface area contributed by atoms with Crippen LogP contribution in [0.25, 0.3) is 11.0 Å². The molecule has 1 amide bonds. The Kier molecular flexibility index (Phi) is 4.92. The fourth-order valence-corrected chi connectivity index (χ4v) is 3.53. The second-order valence-corrected chi connectivity index (χ2v) is 6.77. The second-order valence-electron chi connectivity index (χ2n) is 6.77. The maximum atomic E-state index is 12.6. The van der Waals surface area contributed by atoms with Crippen molar-refractivity contribution in [2.75, 3.05) is 6.54 Å². The Morgan fingerprint density at radius 3 is 2.67 bits per heavy atom. The molecule has 27 heavy (non-hydrogen) atoms. The van der Waals surface area contributed by atoms with E-state index in [0.29, 0.717) is 25.1 Å². The smallest absolute Gasteiger partial charge is 0.329 e. The van der Waals surface area contributed by atoms with Gasteiger partial charge < -0.3 is 14.1 Å². The van der Waals surface area contributed by atoms with E-state index in [1.807, 2.05) is 60.7 Å². The van der Waals surface area contributed by atoms with Crippen molar-refractivity contribution in [3.05, 3.63) is 72.0 Å². The predicted octanol–water partition coefficient (Wildman–Crippen LogP) is 3.71. The summed E-state index contributed by atoms with van der Waals surface area (Å²) < 4.78 is 11.1. The number of likely N-dealkylation sites (tertiary alicyclic amines) is 1. The second kappa shape index (κ2) is 7.66. The Balaban J connectivity index is 1.37. The van der Waals surface area contributed by atoms with Gasteiger partial charge in [-0.3, -0.25) is 4.79 Å². The first kappa shape index (κ1) is 17.3. The monoisotopic (exact) mass is 363 g/mol. The quantitative estimate of drug-likeness (QED) is 0.649. The summed E-state index contributed by atoms with van der Waals surface area (Å²) in [4.78, 5) is 26.8. The lowest BCUT2D eigenvalue weighted by Crippen LogP contribution is -2.42. The first-order chi connectivity index (χ1) is 13.2. The normalized spacial score (nSPS) is 16.6. The summed E-state index contributed by atoms with van der Waals surface area (Å²) in [6.45, 7) is 0.667. The highest BCUT2D eigenvalue weighted by Crippen LogP contribution is 2.22. The molecule has 0 radical (unpaired) electrons. The lowest BCUT2D eigenvalue weighted by atomic mass is 10.1. The summed E-state index contributed by atoms with van der Waals surface area (Å²) in [5.41, 5.74) is 1.72. The number of esters is 1. The van der Waals surface area contributed by atoms with E-state index in [4.69, 9.17) is 9.15 Å². The Labute approximate surface area is 157 Å². The highest BCUT2D eigenvalue weighted by molar-refractivity contribution is 5.86. The van der Waals surface area contributed by atoms with Crippen molar-refractivity contribution >= 4 is 22.8 Å². The van der Waals surface area contributed by atoms with Gasteiger partial charge in [-0.05, 0) is 30.5 Å². The topological polar surface area (TPSA) is 59.8 Å². The molecule has 0 saturated carbocycles. The number of ether oxygens (including phenoxy) is 1. The average molecular weight is 363 g/mol. The molecule has 1 unspecified atom stereocenters. The van der Waals surface area contributed by atoms with Crippen molar-refractivity contribution in [1.29, 1.82) is 0 Å². The zero-order valence-electron chi connectivity index (χ0n) is 15.0. The molecule has 138 valence electrons. The van der Waals surface area contributed by atoms with Crippen molar-refractivity contribution in [2.45, 2.75) is 31.9 Å². The molecule has 1 fully saturated rings. The van der Waals surface area contributed by atoms with Crippen molar-refractivity contribution in [3.8, 4) is 0 Å². The molecule has 0 N–H and O–H groups in total. The number of benzene rings is 2. The molecule has 2 aromatic carbocycles. The highest BCUT2D eigenvalue weighted by atomic mass is 16.5. The lowest BCUT2D eigenvalue weighted by Gasteiger charge is -2.23. The fraction of sp³-hybridized carbons (Fsp3) is 0.273. The largest absolute Gasteiger partial charge is 0.457 e. The SMILES string of the molecule is O=C(OCc1cc2ccccc2o1)C1CCCN1C(=O)Cc1ccccc1. The van der Waals surface area contributed by atoms with Crippen LogP contribution in [0.5, 0.6) is 0 Å². The number of rotatable bonds is 5. The summed E-state index contributed by atoms with van der Waals surface area (Å²) in [5, 5.41) is 0.976. The van der Waals surface area contributed by atoms with Crippen LogP contribution in [0.15, 0.2) is 65.1 Å². The van der Waals surface area contributed by atoms with Gasteiger partial charge in [0.2, 0.25) is 5.91 Å². The molecule has 0 spiro atoms. The minimum atomic E-state index is -0.509. The summed E-state index contributed by atoms with van der Waals surface area (Å²) in [5.74, 6) is 0.198. The number of hydrogen-bond donors (Lipinski definition) is 0. The maximum absolute atomic E-state index is 12.6. The molecule has 2 heterocycles. The Bertz CT molecular complexity index is 914. The van der Waals surface area contributed by atoms with Crippen LogP contribution in [0.1, 0.15) is 24.2 Å². The molecular formula is C22H21NO4. The molecule has 5 heteroatoms. The van der Waals surface area contributed by atoms with Gasteiger partial charge >= 0.3 is 5.97 Å². The summed E-state index contributed by atoms with van der Waals surface area (Å²) in [6.07, 6.45) is 1.75. The molecule has 1 aliphatic heterocycles. The first-order valence-corrected chi connectivity index (χ1v) is 9.18. The van der Waals surface area contributed by atoms with Gasteiger partial charge in [0.15, 0.2) is 0 Å². The summed E-state index contributed by atoms with van der Waals surface area (Å²) in [6, 6.07) is 18.6. The molecule has 0 bridgehead atoms. The molecule has 4 rings (SSSR count). The van der Waals surface area contributed by atoms with Gasteiger partial charge in [0, 0.05) is 11.9 Å². The van der Waals surface area contributed by atoms with Crippen LogP contribution in [0, 0.1) is 0 Å². The van der Waals surface area contributed by atoms with E-state index in [1.165, 1.54) is 0 Å². The van der Waals surface area contributed by atoms with Gasteiger partial charge in [-0.2, -0.15) is 0 Å². The number of para-hydroxylation sites is 1. The van der Waals surface area contributed by atoms with Crippen LogP contribution < -0.4 is 0 Å². The Morgan fingerprint density at radius 2 is 1.85 bits per heavy atom. The predicted molar refractivity (Wildman–Crippen MR) is 101 cm³/mol. The minimum absolute atomic E-state index is 0.0376. The van der Waals surface area contributed by atoms with Crippen LogP contribution in [0.2, 0.25) is 0 Å². The third-order valence-electron chi connectivity index (χ3n) is 4.88. The zero-order valence-corrected chi connectivity index (χ0v) is 15.0. The highest BCUT2D eigenvalue weighted by Gasteiger charge is 2.35. The van der Waals surface area contributed by atoms with E-state index in [1.54, 1.807) is 4.90 Å². The van der Waals surface area contributed by atoms with Gasteiger partial charge in [-0.25, -0.2) is 4.79 Å². The van der Waals surface area contributed by atoms with Crippen LogP contribution in [0.4, 0.5) is 0 Å². The van der Waals surface area contributed by atoms with E-state index in [9.17, 15) is 9.59 Å². The summed E-state index contributed by atoms with van der Waals surface area (Å²) in [7, 11) is 0. The molecule has 1 saturated heterocycles. The van der Waals surface area contributed by atoms with Crippen LogP contribution in [0.3, 0.4) is 0 Å². The van der Waals surface area contributed by atoms with Crippen LogP contribution in [-0.4, -0.2) is 29.4 Å². The number of carbonyl (C=O) groups is 2. The molecule has 1 aliphatic rings. The van der Waals surface area contributed by atoms with Crippen molar-refractivity contribution in [2.24, 2.45) is 0 Å². The Hall–Kier alpha value is -3.08. The fourth-order valence-electron chi connectivity index (χ4n) is 3.53. The molecule has 5 nitrogen and oxygen atoms in total. The van der Waals surface area contributed by atoms with E-state index in [2.05, 4.69) is 0 Å². The third kappa shape index (κ3) is 3.87. The minimum Gasteiger partial charge on any atom is -0.457 e. The van der Waals surface area contributed by atoms with Crippen LogP contribution in [-0.2, 0) is 27.4 Å². The van der Waals surface area contributed by atoms with Gasteiger partial charge in [0.05, 0.1) is 6.42 Å². The first-order valence-electron chi connectivity index (χ1n) is 9.18. The van der Waals surface area contributed by atoms with Crippen molar-refractivity contribution in [1.82, 2.24) is 4.90 Å². The van der Waals surface area contributed by atoms with Crippen molar-refractivity contribution in [3.63, 3.8) is 0 Å². The number of amides is 1. The molecule has 1 aromatic heterocycles. The van der Waals surface area contributed by atoms with Crippen molar-refractivity contribution < 1.29 is 18.7 Å². The van der Waals surface area contributed by atoms with E-state index >= 15 is 0 Å². The third-order valence-corrected chi connectivity index (χ3v) is 4.88. The van der Waals surface area contributed by atoms with Gasteiger partial charge in [-0.1, -0.05) is 48.5 Å². The zero-order chi connectivity index (χ0) is 18.6. The maximum Gasteiger partial charge on any atom is 0.329 e. The lowest BCUT2D eigenvalue weighted by molar-refractivity contribution is -0.154. The van der Waals surface area contributed by atoms with E-state index in [0.717, 1.165) is 23.0 Å². The average Bonchev–Trinajstić information content (AvgIpc) is 3.33. The molecule has 1 atom stereocenters. The molecule has 3 aromatic rings.